The summed E-state index contributed by atoms with van der Waals surface area (Å²) >= 11 is 5.85. The minimum Gasteiger partial charge on any atom is -0.300 e. The molecule has 0 fully saturated rings. The molecule has 0 atom stereocenters. The van der Waals surface area contributed by atoms with E-state index in [2.05, 4.69) is 10.2 Å². The van der Waals surface area contributed by atoms with E-state index in [0.717, 1.165) is 5.56 Å². The number of halogens is 1. The first-order valence-corrected chi connectivity index (χ1v) is 8.39. The van der Waals surface area contributed by atoms with Gasteiger partial charge in [0.1, 0.15) is 5.82 Å². The highest BCUT2D eigenvalue weighted by molar-refractivity contribution is 7.89. The van der Waals surface area contributed by atoms with Gasteiger partial charge < -0.3 is 4.57 Å². The first-order chi connectivity index (χ1) is 9.77. The highest BCUT2D eigenvalue weighted by atomic mass is 35.5. The number of sulfonamides is 1. The molecule has 1 aromatic heterocycles. The van der Waals surface area contributed by atoms with Crippen LogP contribution >= 0.6 is 11.6 Å². The fraction of sp³-hybridized carbons (Fsp3) is 0.385. The number of nitrogens with zero attached hydrogens (tertiary/aromatic N) is 3. The number of hydrogen-bond donors (Lipinski definition) is 1. The molecule has 8 heteroatoms. The van der Waals surface area contributed by atoms with Crippen LogP contribution in [-0.2, 0) is 23.0 Å². The van der Waals surface area contributed by atoms with Crippen LogP contribution in [0.1, 0.15) is 25.2 Å². The topological polar surface area (TPSA) is 90.9 Å². The molecule has 0 radical (unpaired) electrons. The molecule has 114 valence electrons. The van der Waals surface area contributed by atoms with Gasteiger partial charge in [0.05, 0.1) is 0 Å². The van der Waals surface area contributed by atoms with Crippen LogP contribution < -0.4 is 5.14 Å². The fourth-order valence-corrected chi connectivity index (χ4v) is 2.76. The molecular formula is C13H17ClN4O2S. The smallest absolute Gasteiger partial charge is 0.273 e. The summed E-state index contributed by atoms with van der Waals surface area (Å²) in [5.41, 5.74) is 0.970. The molecule has 1 heterocycles. The average Bonchev–Trinajstić information content (AvgIpc) is 2.74. The van der Waals surface area contributed by atoms with Gasteiger partial charge in [0.15, 0.2) is 0 Å². The summed E-state index contributed by atoms with van der Waals surface area (Å²) in [5, 5.41) is 13.3. The zero-order valence-electron chi connectivity index (χ0n) is 11.8. The van der Waals surface area contributed by atoms with Crippen molar-refractivity contribution < 1.29 is 8.42 Å². The van der Waals surface area contributed by atoms with Crippen molar-refractivity contribution in [3.8, 4) is 0 Å². The van der Waals surface area contributed by atoms with Gasteiger partial charge in [-0.25, -0.2) is 13.6 Å². The van der Waals surface area contributed by atoms with Gasteiger partial charge in [-0.2, -0.15) is 0 Å². The van der Waals surface area contributed by atoms with Gasteiger partial charge in [-0.3, -0.25) is 0 Å². The molecule has 0 saturated carbocycles. The Balaban J connectivity index is 2.39. The third-order valence-corrected chi connectivity index (χ3v) is 3.93. The third kappa shape index (κ3) is 4.03. The zero-order valence-corrected chi connectivity index (χ0v) is 13.4. The first kappa shape index (κ1) is 15.9. The highest BCUT2D eigenvalue weighted by Gasteiger charge is 2.21. The van der Waals surface area contributed by atoms with Crippen molar-refractivity contribution >= 4 is 21.6 Å². The molecule has 0 aliphatic carbocycles. The van der Waals surface area contributed by atoms with Gasteiger partial charge in [0.2, 0.25) is 0 Å². The van der Waals surface area contributed by atoms with Crippen LogP contribution in [0.15, 0.2) is 29.4 Å². The quantitative estimate of drug-likeness (QED) is 0.906. The van der Waals surface area contributed by atoms with Gasteiger partial charge in [0.25, 0.3) is 15.2 Å². The van der Waals surface area contributed by atoms with E-state index in [1.165, 1.54) is 0 Å². The monoisotopic (exact) mass is 328 g/mol. The number of nitrogens with two attached hydrogens (primary N) is 1. The molecular weight excluding hydrogens is 312 g/mol. The lowest BCUT2D eigenvalue weighted by atomic mass is 10.1. The zero-order chi connectivity index (χ0) is 15.6. The van der Waals surface area contributed by atoms with E-state index in [4.69, 9.17) is 16.7 Å². The van der Waals surface area contributed by atoms with Gasteiger partial charge >= 0.3 is 0 Å². The molecule has 0 aliphatic heterocycles. The Morgan fingerprint density at radius 3 is 2.38 bits per heavy atom. The Labute approximate surface area is 129 Å². The van der Waals surface area contributed by atoms with E-state index in [9.17, 15) is 8.42 Å². The SMILES string of the molecule is CC(C)Cn1c(Cc2ccc(Cl)cc2)nnc1S(N)(=O)=O. The molecule has 0 amide bonds. The second-order valence-corrected chi connectivity index (χ2v) is 7.14. The van der Waals surface area contributed by atoms with Crippen molar-refractivity contribution in [3.63, 3.8) is 0 Å². The Hall–Kier alpha value is -1.44. The van der Waals surface area contributed by atoms with Crippen molar-refractivity contribution in [1.29, 1.82) is 0 Å². The van der Waals surface area contributed by atoms with Crippen molar-refractivity contribution in [1.82, 2.24) is 14.8 Å². The van der Waals surface area contributed by atoms with Crippen LogP contribution in [0.2, 0.25) is 5.02 Å². The van der Waals surface area contributed by atoms with Crippen molar-refractivity contribution in [2.45, 2.75) is 32.0 Å². The molecule has 2 N–H and O–H groups in total. The van der Waals surface area contributed by atoms with Crippen molar-refractivity contribution in [2.24, 2.45) is 11.1 Å². The summed E-state index contributed by atoms with van der Waals surface area (Å²) in [4.78, 5) is 0. The van der Waals surface area contributed by atoms with E-state index < -0.39 is 10.0 Å². The first-order valence-electron chi connectivity index (χ1n) is 6.46. The van der Waals surface area contributed by atoms with Gasteiger partial charge in [-0.15, -0.1) is 10.2 Å². The maximum Gasteiger partial charge on any atom is 0.273 e. The lowest BCUT2D eigenvalue weighted by molar-refractivity contribution is 0.472. The largest absolute Gasteiger partial charge is 0.300 e. The molecule has 0 saturated heterocycles. The number of aromatic nitrogens is 3. The minimum atomic E-state index is -3.89. The predicted octanol–water partition coefficient (Wildman–Crippen LogP) is 1.83. The number of primary sulfonamides is 1. The predicted molar refractivity (Wildman–Crippen MR) is 80.5 cm³/mol. The molecule has 1 aromatic carbocycles. The second kappa shape index (κ2) is 6.13. The standard InChI is InChI=1S/C13H17ClN4O2S/c1-9(2)8-18-12(16-17-13(18)21(15,19)20)7-10-3-5-11(14)6-4-10/h3-6,9H,7-8H2,1-2H3,(H2,15,19,20). The lowest BCUT2D eigenvalue weighted by Gasteiger charge is -2.11. The summed E-state index contributed by atoms with van der Waals surface area (Å²) < 4.78 is 24.7. The highest BCUT2D eigenvalue weighted by Crippen LogP contribution is 2.16. The summed E-state index contributed by atoms with van der Waals surface area (Å²) in [7, 11) is -3.89. The normalized spacial score (nSPS) is 12.0. The molecule has 6 nitrogen and oxygen atoms in total. The van der Waals surface area contributed by atoms with Crippen LogP contribution in [0.4, 0.5) is 0 Å². The number of rotatable bonds is 5. The number of benzene rings is 1. The van der Waals surface area contributed by atoms with Crippen molar-refractivity contribution in [3.05, 3.63) is 40.7 Å². The second-order valence-electron chi connectivity index (χ2n) is 5.25. The van der Waals surface area contributed by atoms with E-state index in [1.54, 1.807) is 16.7 Å². The fourth-order valence-electron chi connectivity index (χ4n) is 1.99. The van der Waals surface area contributed by atoms with Crippen LogP contribution in [0.5, 0.6) is 0 Å². The van der Waals surface area contributed by atoms with E-state index in [0.29, 0.717) is 23.8 Å². The maximum absolute atomic E-state index is 11.6. The van der Waals surface area contributed by atoms with Gasteiger partial charge in [0, 0.05) is 18.0 Å². The maximum atomic E-state index is 11.6. The Kier molecular flexibility index (Phi) is 4.65. The summed E-state index contributed by atoms with van der Waals surface area (Å²) in [6, 6.07) is 7.29. The Bertz CT molecular complexity index is 723. The Morgan fingerprint density at radius 1 is 1.24 bits per heavy atom. The van der Waals surface area contributed by atoms with Crippen LogP contribution in [0.25, 0.3) is 0 Å². The minimum absolute atomic E-state index is 0.194. The van der Waals surface area contributed by atoms with E-state index >= 15 is 0 Å². The lowest BCUT2D eigenvalue weighted by Crippen LogP contribution is -2.21. The van der Waals surface area contributed by atoms with Gasteiger partial charge in [-0.1, -0.05) is 37.6 Å². The van der Waals surface area contributed by atoms with Gasteiger partial charge in [-0.05, 0) is 23.6 Å². The molecule has 0 spiro atoms. The van der Waals surface area contributed by atoms with E-state index in [1.807, 2.05) is 26.0 Å². The van der Waals surface area contributed by atoms with Crippen LogP contribution in [0.3, 0.4) is 0 Å². The van der Waals surface area contributed by atoms with Crippen LogP contribution in [0, 0.1) is 5.92 Å². The average molecular weight is 329 g/mol. The molecule has 0 bridgehead atoms. The van der Waals surface area contributed by atoms with Crippen molar-refractivity contribution in [2.75, 3.05) is 0 Å². The molecule has 2 aromatic rings. The summed E-state index contributed by atoms with van der Waals surface area (Å²) in [6.07, 6.45) is 0.465. The number of hydrogen-bond acceptors (Lipinski definition) is 4. The molecule has 0 unspecified atom stereocenters. The Morgan fingerprint density at radius 2 is 1.86 bits per heavy atom. The van der Waals surface area contributed by atoms with E-state index in [-0.39, 0.29) is 11.1 Å². The molecule has 21 heavy (non-hydrogen) atoms. The van der Waals surface area contributed by atoms with Crippen LogP contribution in [-0.4, -0.2) is 23.2 Å². The summed E-state index contributed by atoms with van der Waals surface area (Å²) in [6.45, 7) is 4.46. The molecule has 2 rings (SSSR count). The summed E-state index contributed by atoms with van der Waals surface area (Å²) in [5.74, 6) is 0.806. The third-order valence-electron chi connectivity index (χ3n) is 2.87. The molecule has 0 aliphatic rings.